The summed E-state index contributed by atoms with van der Waals surface area (Å²) in [4.78, 5) is 27.9. The molecular formula is C22H26N2O5. The van der Waals surface area contributed by atoms with Crippen molar-refractivity contribution in [3.8, 4) is 5.75 Å². The molecule has 0 aromatic heterocycles. The number of aromatic hydroxyl groups is 1. The van der Waals surface area contributed by atoms with E-state index in [1.165, 1.54) is 20.5 Å². The maximum atomic E-state index is 13.2. The molecule has 4 rings (SSSR count). The van der Waals surface area contributed by atoms with Crippen LogP contribution in [-0.2, 0) is 24.5 Å². The molecule has 4 atom stereocenters. The summed E-state index contributed by atoms with van der Waals surface area (Å²) in [6.07, 6.45) is 4.47. The summed E-state index contributed by atoms with van der Waals surface area (Å²) >= 11 is 0. The number of methoxy groups -OCH3 is 2. The Morgan fingerprint density at radius 2 is 2.21 bits per heavy atom. The summed E-state index contributed by atoms with van der Waals surface area (Å²) in [5.74, 6) is -0.573. The Morgan fingerprint density at radius 3 is 2.90 bits per heavy atom. The molecule has 3 aliphatic heterocycles. The summed E-state index contributed by atoms with van der Waals surface area (Å²) in [5.41, 5.74) is 0.945. The van der Waals surface area contributed by atoms with E-state index in [2.05, 4.69) is 16.8 Å². The van der Waals surface area contributed by atoms with Gasteiger partial charge in [-0.3, -0.25) is 9.69 Å². The topological polar surface area (TPSA) is 88.1 Å². The van der Waals surface area contributed by atoms with Crippen LogP contribution in [0.1, 0.15) is 18.4 Å². The SMILES string of the molecule is C=C[C@@H]1CN2CC[C@@]3(C(=O)Nc4cccc(O)c43)[C@@H]2C[C@@H]1C(=COC)C(=O)OC. The van der Waals surface area contributed by atoms with Gasteiger partial charge in [-0.25, -0.2) is 4.79 Å². The predicted molar refractivity (Wildman–Crippen MR) is 107 cm³/mol. The lowest BCUT2D eigenvalue weighted by atomic mass is 9.67. The Morgan fingerprint density at radius 1 is 1.41 bits per heavy atom. The van der Waals surface area contributed by atoms with Crippen LogP contribution in [0.25, 0.3) is 0 Å². The van der Waals surface area contributed by atoms with Crippen molar-refractivity contribution in [3.63, 3.8) is 0 Å². The van der Waals surface area contributed by atoms with Gasteiger partial charge in [0, 0.05) is 29.8 Å². The zero-order chi connectivity index (χ0) is 20.8. The molecular weight excluding hydrogens is 372 g/mol. The summed E-state index contributed by atoms with van der Waals surface area (Å²) in [6, 6.07) is 5.03. The van der Waals surface area contributed by atoms with E-state index < -0.39 is 11.4 Å². The monoisotopic (exact) mass is 398 g/mol. The number of anilines is 1. The number of amides is 1. The van der Waals surface area contributed by atoms with Crippen molar-refractivity contribution in [3.05, 3.63) is 48.3 Å². The highest BCUT2D eigenvalue weighted by molar-refractivity contribution is 6.08. The van der Waals surface area contributed by atoms with Crippen LogP contribution in [0.5, 0.6) is 5.75 Å². The van der Waals surface area contributed by atoms with E-state index in [0.717, 1.165) is 6.54 Å². The number of piperidine rings is 1. The van der Waals surface area contributed by atoms with Gasteiger partial charge in [0.2, 0.25) is 5.91 Å². The van der Waals surface area contributed by atoms with Gasteiger partial charge in [-0.1, -0.05) is 12.1 Å². The standard InChI is InChI=1S/C22H26N2O5/c1-4-13-11-24-9-8-22(19-16(23-21(22)27)6-5-7-17(19)25)18(24)10-14(13)15(12-28-2)20(26)29-3/h4-7,12-14,18,25H,1,8-11H2,2-3H3,(H,23,27)/t13-,14+,18+,22-/m1/s1. The van der Waals surface area contributed by atoms with Crippen molar-refractivity contribution in [1.82, 2.24) is 4.90 Å². The molecule has 154 valence electrons. The van der Waals surface area contributed by atoms with Crippen molar-refractivity contribution in [1.29, 1.82) is 0 Å². The van der Waals surface area contributed by atoms with Gasteiger partial charge in [0.25, 0.3) is 0 Å². The summed E-state index contributed by atoms with van der Waals surface area (Å²) in [5, 5.41) is 13.6. The smallest absolute Gasteiger partial charge is 0.337 e. The molecule has 1 amide bonds. The predicted octanol–water partition coefficient (Wildman–Crippen LogP) is 2.18. The molecule has 2 fully saturated rings. The minimum absolute atomic E-state index is 0.0233. The fraction of sp³-hybridized carbons (Fsp3) is 0.455. The lowest BCUT2D eigenvalue weighted by molar-refractivity contribution is -0.137. The third-order valence-corrected chi connectivity index (χ3v) is 6.75. The number of hydrogen-bond acceptors (Lipinski definition) is 6. The van der Waals surface area contributed by atoms with Crippen LogP contribution in [0.4, 0.5) is 5.69 Å². The van der Waals surface area contributed by atoms with Crippen LogP contribution in [0, 0.1) is 11.8 Å². The van der Waals surface area contributed by atoms with Gasteiger partial charge in [0.1, 0.15) is 5.75 Å². The highest BCUT2D eigenvalue weighted by atomic mass is 16.5. The minimum atomic E-state index is -0.834. The zero-order valence-electron chi connectivity index (χ0n) is 16.7. The minimum Gasteiger partial charge on any atom is -0.508 e. The normalized spacial score (nSPS) is 31.2. The zero-order valence-corrected chi connectivity index (χ0v) is 16.7. The highest BCUT2D eigenvalue weighted by Crippen LogP contribution is 2.55. The number of nitrogens with zero attached hydrogens (tertiary/aromatic N) is 1. The van der Waals surface area contributed by atoms with Gasteiger partial charge in [-0.15, -0.1) is 6.58 Å². The fourth-order valence-corrected chi connectivity index (χ4v) is 5.48. The molecule has 7 nitrogen and oxygen atoms in total. The number of nitrogens with one attached hydrogen (secondary N) is 1. The number of rotatable bonds is 4. The molecule has 0 unspecified atom stereocenters. The summed E-state index contributed by atoms with van der Waals surface area (Å²) < 4.78 is 10.1. The second-order valence-electron chi connectivity index (χ2n) is 7.93. The van der Waals surface area contributed by atoms with E-state index in [0.29, 0.717) is 36.2 Å². The van der Waals surface area contributed by atoms with Crippen LogP contribution in [0.15, 0.2) is 42.7 Å². The van der Waals surface area contributed by atoms with E-state index in [9.17, 15) is 14.7 Å². The van der Waals surface area contributed by atoms with E-state index in [-0.39, 0.29) is 29.5 Å². The number of phenolic OH excluding ortho intramolecular Hbond substituents is 1. The first-order valence-corrected chi connectivity index (χ1v) is 9.79. The van der Waals surface area contributed by atoms with Crippen LogP contribution in [0.2, 0.25) is 0 Å². The molecule has 0 radical (unpaired) electrons. The van der Waals surface area contributed by atoms with Crippen molar-refractivity contribution in [2.45, 2.75) is 24.3 Å². The van der Waals surface area contributed by atoms with Gasteiger partial charge in [-0.05, 0) is 37.4 Å². The number of phenols is 1. The number of hydrogen-bond donors (Lipinski definition) is 2. The molecule has 29 heavy (non-hydrogen) atoms. The second-order valence-corrected chi connectivity index (χ2v) is 7.93. The number of ether oxygens (including phenoxy) is 2. The number of fused-ring (bicyclic) bond motifs is 4. The maximum absolute atomic E-state index is 13.2. The van der Waals surface area contributed by atoms with Crippen LogP contribution >= 0.6 is 0 Å². The van der Waals surface area contributed by atoms with Crippen molar-refractivity contribution >= 4 is 17.6 Å². The Labute approximate surface area is 170 Å². The highest BCUT2D eigenvalue weighted by Gasteiger charge is 2.61. The van der Waals surface area contributed by atoms with Gasteiger partial charge in [0.15, 0.2) is 0 Å². The summed E-state index contributed by atoms with van der Waals surface area (Å²) in [6.45, 7) is 5.38. The first kappa shape index (κ1) is 19.5. The van der Waals surface area contributed by atoms with Crippen LogP contribution < -0.4 is 5.32 Å². The molecule has 3 aliphatic rings. The number of esters is 1. The van der Waals surface area contributed by atoms with E-state index in [4.69, 9.17) is 9.47 Å². The van der Waals surface area contributed by atoms with Gasteiger partial charge in [-0.2, -0.15) is 0 Å². The molecule has 0 bridgehead atoms. The number of benzene rings is 1. The first-order chi connectivity index (χ1) is 14.0. The number of carbonyl (C=O) groups excluding carboxylic acids is 2. The van der Waals surface area contributed by atoms with Gasteiger partial charge >= 0.3 is 5.97 Å². The largest absolute Gasteiger partial charge is 0.508 e. The van der Waals surface area contributed by atoms with Crippen molar-refractivity contribution in [2.75, 3.05) is 32.6 Å². The molecule has 1 aromatic carbocycles. The molecule has 2 N–H and O–H groups in total. The molecule has 1 spiro atoms. The molecule has 0 aliphatic carbocycles. The van der Waals surface area contributed by atoms with Crippen molar-refractivity contribution < 1.29 is 24.2 Å². The van der Waals surface area contributed by atoms with E-state index in [1.54, 1.807) is 12.1 Å². The fourth-order valence-electron chi connectivity index (χ4n) is 5.48. The lowest BCUT2D eigenvalue weighted by Gasteiger charge is -2.44. The van der Waals surface area contributed by atoms with Gasteiger partial charge < -0.3 is 19.9 Å². The average molecular weight is 398 g/mol. The molecule has 7 heteroatoms. The average Bonchev–Trinajstić information content (AvgIpc) is 3.24. The van der Waals surface area contributed by atoms with Gasteiger partial charge in [0.05, 0.1) is 31.5 Å². The van der Waals surface area contributed by atoms with Crippen LogP contribution in [0.3, 0.4) is 0 Å². The molecule has 3 heterocycles. The quantitative estimate of drug-likeness (QED) is 0.350. The molecule has 2 saturated heterocycles. The third-order valence-electron chi connectivity index (χ3n) is 6.75. The number of carbonyl (C=O) groups is 2. The van der Waals surface area contributed by atoms with E-state index >= 15 is 0 Å². The van der Waals surface area contributed by atoms with E-state index in [1.807, 2.05) is 12.1 Å². The molecule has 1 aromatic rings. The second kappa shape index (κ2) is 7.22. The Balaban J connectivity index is 1.78. The van der Waals surface area contributed by atoms with Crippen LogP contribution in [-0.4, -0.2) is 55.2 Å². The lowest BCUT2D eigenvalue weighted by Crippen LogP contribution is -2.53. The Hall–Kier alpha value is -2.80. The maximum Gasteiger partial charge on any atom is 0.337 e. The summed E-state index contributed by atoms with van der Waals surface area (Å²) in [7, 11) is 2.84. The Bertz CT molecular complexity index is 895. The molecule has 0 saturated carbocycles. The Kier molecular flexibility index (Phi) is 4.86. The van der Waals surface area contributed by atoms with Crippen molar-refractivity contribution in [2.24, 2.45) is 11.8 Å². The third kappa shape index (κ3) is 2.75. The first-order valence-electron chi connectivity index (χ1n) is 9.79.